The van der Waals surface area contributed by atoms with Gasteiger partial charge in [-0.2, -0.15) is 0 Å². The van der Waals surface area contributed by atoms with E-state index >= 15 is 0 Å². The highest BCUT2D eigenvalue weighted by Crippen LogP contribution is 2.21. The number of hydrogen-bond donors (Lipinski definition) is 7. The molecule has 2 fully saturated rings. The molecule has 15 heteroatoms. The average molecular weight is 631 g/mol. The number of aromatic hydroxyl groups is 1. The zero-order chi connectivity index (χ0) is 33.3. The van der Waals surface area contributed by atoms with E-state index in [0.717, 1.165) is 0 Å². The molecule has 1 aromatic rings. The van der Waals surface area contributed by atoms with Crippen molar-refractivity contribution in [1.82, 2.24) is 31.5 Å². The van der Waals surface area contributed by atoms with Crippen LogP contribution in [0.2, 0.25) is 0 Å². The third kappa shape index (κ3) is 10.2. The van der Waals surface area contributed by atoms with Crippen LogP contribution in [0, 0.1) is 5.92 Å². The van der Waals surface area contributed by atoms with Crippen molar-refractivity contribution < 1.29 is 43.8 Å². The van der Waals surface area contributed by atoms with Crippen molar-refractivity contribution in [3.8, 4) is 5.75 Å². The Morgan fingerprint density at radius 2 is 1.53 bits per heavy atom. The summed E-state index contributed by atoms with van der Waals surface area (Å²) in [6.07, 6.45) is 0.302. The molecule has 6 amide bonds. The summed E-state index contributed by atoms with van der Waals surface area (Å²) in [5.74, 6) is -5.29. The highest BCUT2D eigenvalue weighted by atomic mass is 16.4. The first kappa shape index (κ1) is 34.8. The molecule has 2 aliphatic heterocycles. The lowest BCUT2D eigenvalue weighted by Crippen LogP contribution is -2.60. The van der Waals surface area contributed by atoms with Crippen molar-refractivity contribution in [2.75, 3.05) is 13.1 Å². The molecule has 45 heavy (non-hydrogen) atoms. The maximum atomic E-state index is 13.8. The second kappa shape index (κ2) is 15.9. The molecule has 0 unspecified atom stereocenters. The molecule has 0 bridgehead atoms. The number of carbonyl (C=O) groups is 7. The maximum Gasteiger partial charge on any atom is 0.303 e. The summed E-state index contributed by atoms with van der Waals surface area (Å²) >= 11 is 0. The van der Waals surface area contributed by atoms with Crippen molar-refractivity contribution in [1.29, 1.82) is 0 Å². The summed E-state index contributed by atoms with van der Waals surface area (Å²) in [6.45, 7) is 4.73. The van der Waals surface area contributed by atoms with Gasteiger partial charge < -0.3 is 41.7 Å². The molecule has 15 nitrogen and oxygen atoms in total. The van der Waals surface area contributed by atoms with Crippen LogP contribution in [0.15, 0.2) is 24.3 Å². The topological polar surface area (TPSA) is 223 Å². The van der Waals surface area contributed by atoms with Crippen LogP contribution < -0.4 is 26.6 Å². The van der Waals surface area contributed by atoms with Gasteiger partial charge in [-0.3, -0.25) is 33.6 Å². The molecule has 2 heterocycles. The summed E-state index contributed by atoms with van der Waals surface area (Å²) in [5.41, 5.74) is 0.612. The number of carboxylic acid groups (broad SMARTS) is 1. The van der Waals surface area contributed by atoms with Crippen molar-refractivity contribution in [2.45, 2.75) is 89.5 Å². The fraction of sp³-hybridized carbons (Fsp3) is 0.567. The van der Waals surface area contributed by atoms with E-state index < -0.39 is 84.6 Å². The summed E-state index contributed by atoms with van der Waals surface area (Å²) in [4.78, 5) is 92.2. The number of phenolic OH excluding ortho intramolecular Hbond substituents is 1. The number of amides is 6. The van der Waals surface area contributed by atoms with E-state index in [0.29, 0.717) is 18.4 Å². The van der Waals surface area contributed by atoms with Gasteiger partial charge in [-0.1, -0.05) is 26.0 Å². The second-order valence-corrected chi connectivity index (χ2v) is 11.8. The summed E-state index contributed by atoms with van der Waals surface area (Å²) in [5, 5.41) is 31.5. The second-order valence-electron chi connectivity index (χ2n) is 11.8. The number of phenols is 1. The molecule has 246 valence electrons. The molecule has 3 rings (SSSR count). The quantitative estimate of drug-likeness (QED) is 0.194. The first-order valence-corrected chi connectivity index (χ1v) is 15.0. The third-order valence-corrected chi connectivity index (χ3v) is 7.64. The third-order valence-electron chi connectivity index (χ3n) is 7.64. The van der Waals surface area contributed by atoms with Gasteiger partial charge in [0.25, 0.3) is 0 Å². The molecular weight excluding hydrogens is 588 g/mol. The number of benzene rings is 1. The fourth-order valence-electron chi connectivity index (χ4n) is 5.30. The van der Waals surface area contributed by atoms with E-state index in [-0.39, 0.29) is 37.5 Å². The lowest BCUT2D eigenvalue weighted by molar-refractivity contribution is -0.143. The summed E-state index contributed by atoms with van der Waals surface area (Å²) in [7, 11) is 0. The zero-order valence-corrected chi connectivity index (χ0v) is 25.6. The van der Waals surface area contributed by atoms with Crippen LogP contribution in [0.25, 0.3) is 0 Å². The van der Waals surface area contributed by atoms with Gasteiger partial charge in [-0.15, -0.1) is 0 Å². The van der Waals surface area contributed by atoms with Gasteiger partial charge in [0.05, 0.1) is 6.54 Å². The van der Waals surface area contributed by atoms with Gasteiger partial charge in [0.2, 0.25) is 35.4 Å². The molecule has 0 aliphatic carbocycles. The van der Waals surface area contributed by atoms with Crippen molar-refractivity contribution >= 4 is 41.4 Å². The molecule has 0 aromatic heterocycles. The van der Waals surface area contributed by atoms with Crippen molar-refractivity contribution in [3.63, 3.8) is 0 Å². The van der Waals surface area contributed by atoms with Crippen LogP contribution in [0.4, 0.5) is 0 Å². The molecule has 0 radical (unpaired) electrons. The standard InChI is InChI=1S/C30H42N6O9/c1-16(2)13-22-30(45)36-12-4-5-23(36)29(44)34-21(14-18-6-8-19(37)9-7-18)28(43)32-17(3)26(41)31-15-24(38)33-20(27(42)35-22)10-11-25(39)40/h6-9,16-17,20-23,37H,4-5,10-15H2,1-3H3,(H,31,41)(H,32,43)(H,33,38)(H,34,44)(H,35,42)(H,39,40)/t17-,20-,21-,22-,23-/m0/s1. The Morgan fingerprint density at radius 3 is 2.18 bits per heavy atom. The van der Waals surface area contributed by atoms with Crippen LogP contribution >= 0.6 is 0 Å². The van der Waals surface area contributed by atoms with Crippen LogP contribution in [-0.4, -0.2) is 99.8 Å². The number of rotatable bonds is 7. The number of aliphatic carboxylic acids is 1. The number of hydrogen-bond acceptors (Lipinski definition) is 8. The van der Waals surface area contributed by atoms with Gasteiger partial charge >= 0.3 is 5.97 Å². The molecule has 5 atom stereocenters. The van der Waals surface area contributed by atoms with E-state index in [4.69, 9.17) is 0 Å². The number of carbonyl (C=O) groups excluding carboxylic acids is 6. The maximum absolute atomic E-state index is 13.8. The molecule has 0 saturated carbocycles. The lowest BCUT2D eigenvalue weighted by Gasteiger charge is -2.31. The highest BCUT2D eigenvalue weighted by Gasteiger charge is 2.40. The minimum absolute atomic E-state index is 0.0129. The van der Waals surface area contributed by atoms with Crippen molar-refractivity contribution in [3.05, 3.63) is 29.8 Å². The number of nitrogens with one attached hydrogen (secondary N) is 5. The normalized spacial score (nSPS) is 25.7. The molecule has 2 aliphatic rings. The Hall–Kier alpha value is -4.69. The Balaban J connectivity index is 1.95. The molecule has 2 saturated heterocycles. The van der Waals surface area contributed by atoms with Crippen LogP contribution in [-0.2, 0) is 40.0 Å². The molecule has 0 spiro atoms. The predicted octanol–water partition coefficient (Wildman–Crippen LogP) is -1.07. The van der Waals surface area contributed by atoms with E-state index in [1.54, 1.807) is 12.1 Å². The number of nitrogens with zero attached hydrogens (tertiary/aromatic N) is 1. The molecule has 7 N–H and O–H groups in total. The molecular formula is C30H42N6O9. The smallest absolute Gasteiger partial charge is 0.303 e. The van der Waals surface area contributed by atoms with E-state index in [1.807, 2.05) is 13.8 Å². The summed E-state index contributed by atoms with van der Waals surface area (Å²) in [6, 6.07) is 0.420. The van der Waals surface area contributed by atoms with Crippen LogP contribution in [0.1, 0.15) is 58.4 Å². The first-order valence-electron chi connectivity index (χ1n) is 15.0. The van der Waals surface area contributed by atoms with E-state index in [9.17, 15) is 43.8 Å². The van der Waals surface area contributed by atoms with Crippen LogP contribution in [0.3, 0.4) is 0 Å². The average Bonchev–Trinajstić information content (AvgIpc) is 3.47. The Bertz CT molecular complexity index is 1280. The predicted molar refractivity (Wildman–Crippen MR) is 159 cm³/mol. The molecule has 1 aromatic carbocycles. The van der Waals surface area contributed by atoms with E-state index in [2.05, 4.69) is 26.6 Å². The van der Waals surface area contributed by atoms with Crippen molar-refractivity contribution in [2.24, 2.45) is 5.92 Å². The van der Waals surface area contributed by atoms with Gasteiger partial charge in [0.1, 0.15) is 36.0 Å². The minimum Gasteiger partial charge on any atom is -0.508 e. The van der Waals surface area contributed by atoms with Crippen LogP contribution in [0.5, 0.6) is 5.75 Å². The Labute approximate surface area is 260 Å². The van der Waals surface area contributed by atoms with Gasteiger partial charge in [-0.05, 0) is 56.2 Å². The zero-order valence-electron chi connectivity index (χ0n) is 25.6. The number of fused-ring (bicyclic) bond motifs is 1. The minimum atomic E-state index is -1.32. The Morgan fingerprint density at radius 1 is 0.889 bits per heavy atom. The van der Waals surface area contributed by atoms with Gasteiger partial charge in [-0.25, -0.2) is 0 Å². The fourth-order valence-corrected chi connectivity index (χ4v) is 5.30. The van der Waals surface area contributed by atoms with Gasteiger partial charge in [0.15, 0.2) is 0 Å². The SMILES string of the molecule is CC(C)C[C@@H]1NC(=O)[C@H](CCC(=O)O)NC(=O)CNC(=O)[C@H](C)NC(=O)[C@H](Cc2ccc(O)cc2)NC(=O)[C@@H]2CCCN2C1=O. The highest BCUT2D eigenvalue weighted by molar-refractivity contribution is 5.97. The number of carboxylic acids is 1. The first-order chi connectivity index (χ1) is 21.2. The van der Waals surface area contributed by atoms with Gasteiger partial charge in [0, 0.05) is 19.4 Å². The largest absolute Gasteiger partial charge is 0.508 e. The summed E-state index contributed by atoms with van der Waals surface area (Å²) < 4.78 is 0. The lowest BCUT2D eigenvalue weighted by atomic mass is 10.0. The van der Waals surface area contributed by atoms with E-state index in [1.165, 1.54) is 24.0 Å². The Kier molecular flexibility index (Phi) is 12.3. The monoisotopic (exact) mass is 630 g/mol.